The van der Waals surface area contributed by atoms with E-state index in [0.717, 1.165) is 32.1 Å². The van der Waals surface area contributed by atoms with Gasteiger partial charge in [0.05, 0.1) is 11.7 Å². The molecule has 3 N–H and O–H groups in total. The van der Waals surface area contributed by atoms with Crippen LogP contribution in [0, 0.1) is 11.8 Å². The Morgan fingerprint density at radius 1 is 1.29 bits per heavy atom. The van der Waals surface area contributed by atoms with E-state index in [2.05, 4.69) is 13.8 Å². The Kier molecular flexibility index (Phi) is 3.54. The van der Waals surface area contributed by atoms with Gasteiger partial charge in [0.25, 0.3) is 0 Å². The molecule has 0 heterocycles. The summed E-state index contributed by atoms with van der Waals surface area (Å²) in [5, 5.41) is 10.9. The molecule has 0 spiro atoms. The fourth-order valence-corrected chi connectivity index (χ4v) is 3.62. The number of ether oxygens (including phenoxy) is 1. The molecule has 0 aromatic carbocycles. The van der Waals surface area contributed by atoms with E-state index < -0.39 is 11.1 Å². The maximum atomic E-state index is 10.9. The molecule has 0 saturated heterocycles. The van der Waals surface area contributed by atoms with Gasteiger partial charge in [-0.15, -0.1) is 0 Å². The highest BCUT2D eigenvalue weighted by Crippen LogP contribution is 2.49. The monoisotopic (exact) mass is 241 g/mol. The number of nitrogens with two attached hydrogens (primary N) is 1. The molecule has 0 aromatic rings. The maximum Gasteiger partial charge on any atom is 0.0831 e. The largest absolute Gasteiger partial charge is 0.388 e. The zero-order valence-corrected chi connectivity index (χ0v) is 11.4. The minimum absolute atomic E-state index is 0.253. The van der Waals surface area contributed by atoms with Crippen molar-refractivity contribution in [2.45, 2.75) is 69.6 Å². The first-order valence-electron chi connectivity index (χ1n) is 6.94. The van der Waals surface area contributed by atoms with Gasteiger partial charge in [-0.3, -0.25) is 0 Å². The van der Waals surface area contributed by atoms with Crippen molar-refractivity contribution in [3.63, 3.8) is 0 Å². The summed E-state index contributed by atoms with van der Waals surface area (Å²) in [6.07, 6.45) is 5.96. The highest BCUT2D eigenvalue weighted by atomic mass is 16.5. The van der Waals surface area contributed by atoms with E-state index in [4.69, 9.17) is 10.5 Å². The summed E-state index contributed by atoms with van der Waals surface area (Å²) in [5.74, 6) is 1.26. The molecule has 2 saturated carbocycles. The van der Waals surface area contributed by atoms with Crippen LogP contribution >= 0.6 is 0 Å². The van der Waals surface area contributed by atoms with Gasteiger partial charge in [-0.25, -0.2) is 0 Å². The van der Waals surface area contributed by atoms with Crippen molar-refractivity contribution in [2.75, 3.05) is 7.11 Å². The van der Waals surface area contributed by atoms with Gasteiger partial charge in [0.1, 0.15) is 0 Å². The van der Waals surface area contributed by atoms with E-state index in [1.54, 1.807) is 7.11 Å². The second kappa shape index (κ2) is 4.52. The first-order chi connectivity index (χ1) is 7.90. The minimum atomic E-state index is -0.658. The van der Waals surface area contributed by atoms with Crippen molar-refractivity contribution in [1.82, 2.24) is 0 Å². The van der Waals surface area contributed by atoms with Crippen LogP contribution in [0.2, 0.25) is 0 Å². The zero-order chi connectivity index (χ0) is 12.7. The third-order valence-corrected chi connectivity index (χ3v) is 5.15. The molecule has 2 atom stereocenters. The van der Waals surface area contributed by atoms with E-state index in [-0.39, 0.29) is 6.10 Å². The van der Waals surface area contributed by atoms with Crippen LogP contribution in [0.15, 0.2) is 0 Å². The quantitative estimate of drug-likeness (QED) is 0.795. The Balaban J connectivity index is 2.03. The predicted molar refractivity (Wildman–Crippen MR) is 68.7 cm³/mol. The predicted octanol–water partition coefficient (Wildman–Crippen LogP) is 2.07. The third-order valence-electron chi connectivity index (χ3n) is 5.15. The van der Waals surface area contributed by atoms with Crippen LogP contribution in [0.3, 0.4) is 0 Å². The molecule has 2 aliphatic rings. The van der Waals surface area contributed by atoms with Crippen LogP contribution in [0.4, 0.5) is 0 Å². The SMILES string of the molecule is COC1CC(N)(C2(O)CCCC(C(C)C)C2)C1. The van der Waals surface area contributed by atoms with Gasteiger partial charge in [0.15, 0.2) is 0 Å². The molecule has 3 heteroatoms. The first-order valence-corrected chi connectivity index (χ1v) is 6.94. The van der Waals surface area contributed by atoms with E-state index in [0.29, 0.717) is 11.8 Å². The first kappa shape index (κ1) is 13.3. The van der Waals surface area contributed by atoms with Crippen molar-refractivity contribution in [1.29, 1.82) is 0 Å². The lowest BCUT2D eigenvalue weighted by Gasteiger charge is -2.56. The Hall–Kier alpha value is -0.120. The molecule has 100 valence electrons. The summed E-state index contributed by atoms with van der Waals surface area (Å²) < 4.78 is 5.30. The van der Waals surface area contributed by atoms with Crippen LogP contribution in [0.1, 0.15) is 52.4 Å². The summed E-state index contributed by atoms with van der Waals surface area (Å²) >= 11 is 0. The average molecular weight is 241 g/mol. The highest BCUT2D eigenvalue weighted by molar-refractivity contribution is 5.13. The summed E-state index contributed by atoms with van der Waals surface area (Å²) in [6, 6.07) is 0. The van der Waals surface area contributed by atoms with Crippen LogP contribution in [0.25, 0.3) is 0 Å². The molecule has 0 aliphatic heterocycles. The molecule has 0 aromatic heterocycles. The number of hydrogen-bond acceptors (Lipinski definition) is 3. The van der Waals surface area contributed by atoms with Crippen LogP contribution in [0.5, 0.6) is 0 Å². The Labute approximate surface area is 105 Å². The Morgan fingerprint density at radius 2 is 1.94 bits per heavy atom. The van der Waals surface area contributed by atoms with E-state index in [1.165, 1.54) is 6.42 Å². The van der Waals surface area contributed by atoms with Gasteiger partial charge >= 0.3 is 0 Å². The number of rotatable bonds is 3. The molecule has 2 aliphatic carbocycles. The van der Waals surface area contributed by atoms with Crippen molar-refractivity contribution >= 4 is 0 Å². The van der Waals surface area contributed by atoms with Crippen molar-refractivity contribution in [2.24, 2.45) is 17.6 Å². The van der Waals surface area contributed by atoms with Gasteiger partial charge in [0.2, 0.25) is 0 Å². The van der Waals surface area contributed by atoms with Gasteiger partial charge in [0, 0.05) is 12.6 Å². The van der Waals surface area contributed by atoms with E-state index >= 15 is 0 Å². The standard InChI is InChI=1S/C14H27NO2/c1-10(2)11-5-4-6-14(16,7-11)13(15)8-12(9-13)17-3/h10-12,16H,4-9,15H2,1-3H3. The lowest BCUT2D eigenvalue weighted by Crippen LogP contribution is -2.70. The Bertz CT molecular complexity index is 273. The van der Waals surface area contributed by atoms with Crippen LogP contribution in [-0.4, -0.2) is 29.5 Å². The smallest absolute Gasteiger partial charge is 0.0831 e. The van der Waals surface area contributed by atoms with Gasteiger partial charge in [-0.1, -0.05) is 20.3 Å². The fourth-order valence-electron chi connectivity index (χ4n) is 3.62. The van der Waals surface area contributed by atoms with Crippen LogP contribution < -0.4 is 5.73 Å². The summed E-state index contributed by atoms with van der Waals surface area (Å²) in [4.78, 5) is 0. The fraction of sp³-hybridized carbons (Fsp3) is 1.00. The molecule has 0 bridgehead atoms. The molecule has 17 heavy (non-hydrogen) atoms. The normalized spacial score (nSPS) is 46.9. The van der Waals surface area contributed by atoms with Gasteiger partial charge in [-0.2, -0.15) is 0 Å². The average Bonchev–Trinajstić information content (AvgIpc) is 2.24. The molecule has 2 rings (SSSR count). The van der Waals surface area contributed by atoms with Gasteiger partial charge in [-0.05, 0) is 43.9 Å². The van der Waals surface area contributed by atoms with Gasteiger partial charge < -0.3 is 15.6 Å². The lowest BCUT2D eigenvalue weighted by molar-refractivity contribution is -0.152. The lowest BCUT2D eigenvalue weighted by atomic mass is 9.57. The molecule has 0 radical (unpaired) electrons. The van der Waals surface area contributed by atoms with Crippen molar-refractivity contribution in [3.8, 4) is 0 Å². The van der Waals surface area contributed by atoms with Crippen molar-refractivity contribution < 1.29 is 9.84 Å². The molecular weight excluding hydrogens is 214 g/mol. The summed E-state index contributed by atoms with van der Waals surface area (Å²) in [6.45, 7) is 4.50. The highest BCUT2D eigenvalue weighted by Gasteiger charge is 2.56. The summed E-state index contributed by atoms with van der Waals surface area (Å²) in [5.41, 5.74) is 5.35. The Morgan fingerprint density at radius 3 is 2.47 bits per heavy atom. The molecule has 2 unspecified atom stereocenters. The maximum absolute atomic E-state index is 10.9. The number of methoxy groups -OCH3 is 1. The second-order valence-corrected chi connectivity index (χ2v) is 6.55. The number of aliphatic hydroxyl groups is 1. The second-order valence-electron chi connectivity index (χ2n) is 6.55. The minimum Gasteiger partial charge on any atom is -0.388 e. The zero-order valence-electron chi connectivity index (χ0n) is 11.4. The topological polar surface area (TPSA) is 55.5 Å². The molecule has 3 nitrogen and oxygen atoms in total. The van der Waals surface area contributed by atoms with Crippen LogP contribution in [-0.2, 0) is 4.74 Å². The third kappa shape index (κ3) is 2.25. The molecular formula is C14H27NO2. The van der Waals surface area contributed by atoms with E-state index in [1.807, 2.05) is 0 Å². The number of hydrogen-bond donors (Lipinski definition) is 2. The molecule has 0 amide bonds. The molecule has 2 fully saturated rings. The van der Waals surface area contributed by atoms with E-state index in [9.17, 15) is 5.11 Å². The van der Waals surface area contributed by atoms with Crippen molar-refractivity contribution in [3.05, 3.63) is 0 Å². The summed E-state index contributed by atoms with van der Waals surface area (Å²) in [7, 11) is 1.73.